The molecule has 3 nitrogen and oxygen atoms in total. The number of ether oxygens (including phenoxy) is 1. The summed E-state index contributed by atoms with van der Waals surface area (Å²) in [5, 5.41) is 0. The Balaban J connectivity index is 1.85. The van der Waals surface area contributed by atoms with E-state index < -0.39 is 0 Å². The van der Waals surface area contributed by atoms with Crippen LogP contribution in [0.5, 0.6) is 0 Å². The van der Waals surface area contributed by atoms with E-state index >= 15 is 0 Å². The standard InChI is InChI=1S/C10H16N2OS/c11-9(5-8-6-12-7-14-8)10-3-1-2-4-13-10/h6-7,9-10H,1-5,11H2. The monoisotopic (exact) mass is 212 g/mol. The summed E-state index contributed by atoms with van der Waals surface area (Å²) in [5.74, 6) is 0. The lowest BCUT2D eigenvalue weighted by Gasteiger charge is -2.27. The van der Waals surface area contributed by atoms with Gasteiger partial charge in [-0.3, -0.25) is 4.98 Å². The molecule has 2 unspecified atom stereocenters. The average Bonchev–Trinajstić information content (AvgIpc) is 2.72. The summed E-state index contributed by atoms with van der Waals surface area (Å²) < 4.78 is 5.65. The van der Waals surface area contributed by atoms with Crippen LogP contribution < -0.4 is 5.73 Å². The first-order valence-electron chi connectivity index (χ1n) is 5.11. The zero-order chi connectivity index (χ0) is 9.80. The summed E-state index contributed by atoms with van der Waals surface area (Å²) >= 11 is 1.67. The van der Waals surface area contributed by atoms with E-state index in [-0.39, 0.29) is 12.1 Å². The lowest BCUT2D eigenvalue weighted by Crippen LogP contribution is -2.40. The fourth-order valence-electron chi connectivity index (χ4n) is 1.81. The molecule has 0 saturated carbocycles. The Kier molecular flexibility index (Phi) is 3.50. The van der Waals surface area contributed by atoms with Crippen LogP contribution in [-0.2, 0) is 11.2 Å². The molecule has 4 heteroatoms. The van der Waals surface area contributed by atoms with Gasteiger partial charge in [-0.2, -0.15) is 0 Å². The molecule has 2 heterocycles. The average molecular weight is 212 g/mol. The normalized spacial score (nSPS) is 24.8. The van der Waals surface area contributed by atoms with E-state index in [4.69, 9.17) is 10.5 Å². The Morgan fingerprint density at radius 3 is 3.21 bits per heavy atom. The second-order valence-corrected chi connectivity index (χ2v) is 4.71. The van der Waals surface area contributed by atoms with Crippen LogP contribution in [0.15, 0.2) is 11.7 Å². The molecule has 0 bridgehead atoms. The van der Waals surface area contributed by atoms with Gasteiger partial charge in [0.15, 0.2) is 0 Å². The van der Waals surface area contributed by atoms with Crippen LogP contribution in [0.3, 0.4) is 0 Å². The third-order valence-electron chi connectivity index (χ3n) is 2.61. The largest absolute Gasteiger partial charge is 0.377 e. The summed E-state index contributed by atoms with van der Waals surface area (Å²) in [6.45, 7) is 0.876. The van der Waals surface area contributed by atoms with Gasteiger partial charge in [0.25, 0.3) is 0 Å². The van der Waals surface area contributed by atoms with E-state index in [0.29, 0.717) is 0 Å². The molecule has 1 saturated heterocycles. The van der Waals surface area contributed by atoms with E-state index in [0.717, 1.165) is 19.4 Å². The molecule has 1 aliphatic heterocycles. The molecule has 2 rings (SSSR count). The minimum atomic E-state index is 0.135. The quantitative estimate of drug-likeness (QED) is 0.827. The Morgan fingerprint density at radius 2 is 2.57 bits per heavy atom. The SMILES string of the molecule is NC(Cc1cncs1)C1CCCCO1. The molecular formula is C10H16N2OS. The number of rotatable bonds is 3. The lowest BCUT2D eigenvalue weighted by molar-refractivity contribution is 0.000768. The molecule has 0 aromatic carbocycles. The fraction of sp³-hybridized carbons (Fsp3) is 0.700. The smallest absolute Gasteiger partial charge is 0.0794 e. The van der Waals surface area contributed by atoms with Gasteiger partial charge in [0.2, 0.25) is 0 Å². The number of thiazole rings is 1. The van der Waals surface area contributed by atoms with Gasteiger partial charge in [-0.25, -0.2) is 0 Å². The number of hydrogen-bond donors (Lipinski definition) is 1. The Morgan fingerprint density at radius 1 is 1.64 bits per heavy atom. The second kappa shape index (κ2) is 4.87. The van der Waals surface area contributed by atoms with Crippen molar-refractivity contribution in [2.24, 2.45) is 5.73 Å². The Hall–Kier alpha value is -0.450. The summed E-state index contributed by atoms with van der Waals surface area (Å²) in [6.07, 6.45) is 6.60. The van der Waals surface area contributed by atoms with Gasteiger partial charge in [-0.05, 0) is 19.3 Å². The number of hydrogen-bond acceptors (Lipinski definition) is 4. The van der Waals surface area contributed by atoms with E-state index in [1.54, 1.807) is 11.3 Å². The van der Waals surface area contributed by atoms with E-state index in [9.17, 15) is 0 Å². The maximum atomic E-state index is 6.09. The van der Waals surface area contributed by atoms with Crippen molar-refractivity contribution < 1.29 is 4.74 Å². The molecule has 0 amide bonds. The van der Waals surface area contributed by atoms with Crippen LogP contribution in [-0.4, -0.2) is 23.7 Å². The summed E-state index contributed by atoms with van der Waals surface area (Å²) in [4.78, 5) is 5.30. The maximum Gasteiger partial charge on any atom is 0.0794 e. The fourth-order valence-corrected chi connectivity index (χ4v) is 2.48. The molecule has 0 spiro atoms. The highest BCUT2D eigenvalue weighted by molar-refractivity contribution is 7.09. The first-order chi connectivity index (χ1) is 6.86. The highest BCUT2D eigenvalue weighted by Crippen LogP contribution is 2.18. The van der Waals surface area contributed by atoms with Crippen LogP contribution in [0.2, 0.25) is 0 Å². The van der Waals surface area contributed by atoms with Crippen LogP contribution in [0, 0.1) is 0 Å². The van der Waals surface area contributed by atoms with Crippen molar-refractivity contribution in [2.75, 3.05) is 6.61 Å². The first kappa shape index (κ1) is 10.1. The van der Waals surface area contributed by atoms with Gasteiger partial charge in [0, 0.05) is 30.1 Å². The summed E-state index contributed by atoms with van der Waals surface area (Å²) in [7, 11) is 0. The van der Waals surface area contributed by atoms with Gasteiger partial charge in [0.05, 0.1) is 11.6 Å². The van der Waals surface area contributed by atoms with Gasteiger partial charge in [-0.1, -0.05) is 0 Å². The van der Waals surface area contributed by atoms with Gasteiger partial charge >= 0.3 is 0 Å². The number of nitrogens with zero attached hydrogens (tertiary/aromatic N) is 1. The number of aromatic nitrogens is 1. The van der Waals surface area contributed by atoms with Crippen molar-refractivity contribution in [3.8, 4) is 0 Å². The predicted octanol–water partition coefficient (Wildman–Crippen LogP) is 1.58. The third kappa shape index (κ3) is 2.53. The zero-order valence-corrected chi connectivity index (χ0v) is 9.00. The van der Waals surface area contributed by atoms with Crippen LogP contribution in [0.4, 0.5) is 0 Å². The Labute approximate surface area is 88.3 Å². The van der Waals surface area contributed by atoms with Crippen LogP contribution in [0.25, 0.3) is 0 Å². The molecule has 2 atom stereocenters. The molecule has 0 radical (unpaired) electrons. The van der Waals surface area contributed by atoms with Gasteiger partial charge < -0.3 is 10.5 Å². The molecule has 14 heavy (non-hydrogen) atoms. The molecule has 1 fully saturated rings. The van der Waals surface area contributed by atoms with E-state index in [2.05, 4.69) is 4.98 Å². The van der Waals surface area contributed by atoms with Crippen molar-refractivity contribution >= 4 is 11.3 Å². The molecule has 78 valence electrons. The van der Waals surface area contributed by atoms with Crippen molar-refractivity contribution in [1.82, 2.24) is 4.98 Å². The van der Waals surface area contributed by atoms with Crippen molar-refractivity contribution in [2.45, 2.75) is 37.8 Å². The minimum absolute atomic E-state index is 0.135. The highest BCUT2D eigenvalue weighted by atomic mass is 32.1. The van der Waals surface area contributed by atoms with Crippen LogP contribution in [0.1, 0.15) is 24.1 Å². The van der Waals surface area contributed by atoms with Crippen molar-refractivity contribution in [3.63, 3.8) is 0 Å². The molecule has 1 aliphatic rings. The topological polar surface area (TPSA) is 48.1 Å². The van der Waals surface area contributed by atoms with Gasteiger partial charge in [0.1, 0.15) is 0 Å². The van der Waals surface area contributed by atoms with Gasteiger partial charge in [-0.15, -0.1) is 11.3 Å². The Bertz CT molecular complexity index is 257. The minimum Gasteiger partial charge on any atom is -0.377 e. The predicted molar refractivity (Wildman–Crippen MR) is 57.4 cm³/mol. The maximum absolute atomic E-state index is 6.09. The van der Waals surface area contributed by atoms with E-state index in [1.165, 1.54) is 17.7 Å². The molecular weight excluding hydrogens is 196 g/mol. The van der Waals surface area contributed by atoms with Crippen molar-refractivity contribution in [1.29, 1.82) is 0 Å². The highest BCUT2D eigenvalue weighted by Gasteiger charge is 2.21. The molecule has 1 aromatic rings. The van der Waals surface area contributed by atoms with E-state index in [1.807, 2.05) is 11.7 Å². The summed E-state index contributed by atoms with van der Waals surface area (Å²) in [5.41, 5.74) is 7.94. The zero-order valence-electron chi connectivity index (χ0n) is 8.19. The number of nitrogens with two attached hydrogens (primary N) is 1. The summed E-state index contributed by atoms with van der Waals surface area (Å²) in [6, 6.07) is 0.135. The second-order valence-electron chi connectivity index (χ2n) is 3.74. The molecule has 1 aromatic heterocycles. The molecule has 0 aliphatic carbocycles. The first-order valence-corrected chi connectivity index (χ1v) is 5.99. The van der Waals surface area contributed by atoms with Crippen LogP contribution >= 0.6 is 11.3 Å². The van der Waals surface area contributed by atoms with Crippen molar-refractivity contribution in [3.05, 3.63) is 16.6 Å². The molecule has 2 N–H and O–H groups in total. The third-order valence-corrected chi connectivity index (χ3v) is 3.41. The lowest BCUT2D eigenvalue weighted by atomic mass is 10.00.